The Morgan fingerprint density at radius 2 is 1.38 bits per heavy atom. The van der Waals surface area contributed by atoms with Gasteiger partial charge in [0.2, 0.25) is 0 Å². The summed E-state index contributed by atoms with van der Waals surface area (Å²) in [5, 5.41) is 1.33. The molecule has 3 aromatic carbocycles. The van der Waals surface area contributed by atoms with Crippen LogP contribution >= 0.6 is 0 Å². The molecule has 1 aromatic heterocycles. The molecular weight excluding hydrogens is 290 g/mol. The number of nitrogens with one attached hydrogen (secondary N) is 1. The zero-order valence-electron chi connectivity index (χ0n) is 13.9. The number of hydrogen-bond donors (Lipinski definition) is 1. The Balaban J connectivity index is 1.99. The summed E-state index contributed by atoms with van der Waals surface area (Å²) >= 11 is 0. The molecule has 0 fully saturated rings. The van der Waals surface area contributed by atoms with Crippen LogP contribution in [0.3, 0.4) is 0 Å². The molecule has 1 heterocycles. The van der Waals surface area contributed by atoms with Crippen molar-refractivity contribution in [3.63, 3.8) is 0 Å². The van der Waals surface area contributed by atoms with Crippen LogP contribution in [0, 0.1) is 0 Å². The first-order chi connectivity index (χ1) is 11.9. The van der Waals surface area contributed by atoms with Gasteiger partial charge in [0.05, 0.1) is 5.69 Å². The van der Waals surface area contributed by atoms with E-state index in [2.05, 4.69) is 96.8 Å². The van der Waals surface area contributed by atoms with E-state index in [9.17, 15) is 0 Å². The van der Waals surface area contributed by atoms with Crippen LogP contribution < -0.4 is 0 Å². The average molecular weight is 311 g/mol. The first-order valence-electron chi connectivity index (χ1n) is 8.59. The van der Waals surface area contributed by atoms with Crippen LogP contribution in [0.2, 0.25) is 0 Å². The molecule has 1 unspecified atom stereocenters. The molecule has 1 heteroatoms. The van der Waals surface area contributed by atoms with Gasteiger partial charge in [-0.2, -0.15) is 0 Å². The third-order valence-corrected chi connectivity index (χ3v) is 4.77. The van der Waals surface area contributed by atoms with E-state index in [0.29, 0.717) is 5.92 Å². The summed E-state index contributed by atoms with van der Waals surface area (Å²) in [6, 6.07) is 30.1. The van der Waals surface area contributed by atoms with Gasteiger partial charge in [0.15, 0.2) is 0 Å². The molecule has 0 aliphatic carbocycles. The molecule has 0 aliphatic heterocycles. The third-order valence-electron chi connectivity index (χ3n) is 4.77. The fourth-order valence-electron chi connectivity index (χ4n) is 3.65. The molecule has 118 valence electrons. The van der Waals surface area contributed by atoms with Crippen molar-refractivity contribution in [2.45, 2.75) is 19.3 Å². The van der Waals surface area contributed by atoms with E-state index in [1.807, 2.05) is 0 Å². The first kappa shape index (κ1) is 14.8. The van der Waals surface area contributed by atoms with Gasteiger partial charge < -0.3 is 4.98 Å². The minimum atomic E-state index is 0.387. The minimum absolute atomic E-state index is 0.387. The number of para-hydroxylation sites is 1. The summed E-state index contributed by atoms with van der Waals surface area (Å²) in [5.74, 6) is 0.387. The van der Waals surface area contributed by atoms with E-state index < -0.39 is 0 Å². The van der Waals surface area contributed by atoms with Gasteiger partial charge in [-0.15, -0.1) is 0 Å². The third kappa shape index (κ3) is 2.52. The smallest absolute Gasteiger partial charge is 0.0503 e. The Morgan fingerprint density at radius 1 is 0.750 bits per heavy atom. The summed E-state index contributed by atoms with van der Waals surface area (Å²) in [6.07, 6.45) is 1.08. The number of H-pyrrole nitrogens is 1. The second-order valence-corrected chi connectivity index (χ2v) is 6.20. The predicted molar refractivity (Wildman–Crippen MR) is 102 cm³/mol. The lowest BCUT2D eigenvalue weighted by Gasteiger charge is -2.17. The standard InChI is InChI=1S/C23H21N/c1-2-19(17-11-5-3-6-12-17)22-20-15-9-10-16-21(20)24-23(22)18-13-7-4-8-14-18/h3-16,19,24H,2H2,1H3. The van der Waals surface area contributed by atoms with Crippen LogP contribution in [0.5, 0.6) is 0 Å². The van der Waals surface area contributed by atoms with Gasteiger partial charge in [0, 0.05) is 16.8 Å². The molecule has 1 atom stereocenters. The molecule has 0 bridgehead atoms. The monoisotopic (exact) mass is 311 g/mol. The van der Waals surface area contributed by atoms with Crippen LogP contribution in [-0.4, -0.2) is 4.98 Å². The lowest BCUT2D eigenvalue weighted by Crippen LogP contribution is -2.01. The van der Waals surface area contributed by atoms with Gasteiger partial charge in [-0.05, 0) is 29.2 Å². The Hall–Kier alpha value is -2.80. The molecule has 4 aromatic rings. The Bertz CT molecular complexity index is 936. The van der Waals surface area contributed by atoms with Crippen LogP contribution in [0.25, 0.3) is 22.2 Å². The molecule has 1 nitrogen and oxygen atoms in total. The molecule has 0 saturated carbocycles. The summed E-state index contributed by atoms with van der Waals surface area (Å²) in [6.45, 7) is 2.27. The summed E-state index contributed by atoms with van der Waals surface area (Å²) < 4.78 is 0. The highest BCUT2D eigenvalue weighted by Crippen LogP contribution is 2.40. The normalized spacial score (nSPS) is 12.4. The van der Waals surface area contributed by atoms with Crippen molar-refractivity contribution in [2.24, 2.45) is 0 Å². The molecular formula is C23H21N. The Kier molecular flexibility index (Phi) is 3.92. The highest BCUT2D eigenvalue weighted by Gasteiger charge is 2.21. The van der Waals surface area contributed by atoms with Crippen LogP contribution in [0.1, 0.15) is 30.4 Å². The van der Waals surface area contributed by atoms with Crippen molar-refractivity contribution in [1.29, 1.82) is 0 Å². The zero-order chi connectivity index (χ0) is 16.4. The topological polar surface area (TPSA) is 15.8 Å². The second-order valence-electron chi connectivity index (χ2n) is 6.20. The molecule has 0 saturated heterocycles. The number of rotatable bonds is 4. The van der Waals surface area contributed by atoms with Gasteiger partial charge in [0.1, 0.15) is 0 Å². The largest absolute Gasteiger partial charge is 0.354 e. The van der Waals surface area contributed by atoms with Crippen molar-refractivity contribution < 1.29 is 0 Å². The maximum absolute atomic E-state index is 3.67. The van der Waals surface area contributed by atoms with Crippen molar-refractivity contribution in [3.8, 4) is 11.3 Å². The number of benzene rings is 3. The van der Waals surface area contributed by atoms with Crippen molar-refractivity contribution in [1.82, 2.24) is 4.98 Å². The SMILES string of the molecule is CCC(c1ccccc1)c1c(-c2ccccc2)[nH]c2ccccc12. The maximum atomic E-state index is 3.67. The predicted octanol–water partition coefficient (Wildman–Crippen LogP) is 6.38. The zero-order valence-corrected chi connectivity index (χ0v) is 13.9. The van der Waals surface area contributed by atoms with Gasteiger partial charge in [-0.3, -0.25) is 0 Å². The van der Waals surface area contributed by atoms with Crippen LogP contribution in [0.4, 0.5) is 0 Å². The summed E-state index contributed by atoms with van der Waals surface area (Å²) in [7, 11) is 0. The Labute approximate surface area is 143 Å². The van der Waals surface area contributed by atoms with Gasteiger partial charge in [-0.25, -0.2) is 0 Å². The van der Waals surface area contributed by atoms with E-state index in [1.54, 1.807) is 0 Å². The van der Waals surface area contributed by atoms with Gasteiger partial charge >= 0.3 is 0 Å². The lowest BCUT2D eigenvalue weighted by molar-refractivity contribution is 0.785. The van der Waals surface area contributed by atoms with E-state index >= 15 is 0 Å². The fraction of sp³-hybridized carbons (Fsp3) is 0.130. The van der Waals surface area contributed by atoms with Gasteiger partial charge in [-0.1, -0.05) is 85.8 Å². The molecule has 24 heavy (non-hydrogen) atoms. The minimum Gasteiger partial charge on any atom is -0.354 e. The molecule has 4 rings (SSSR count). The van der Waals surface area contributed by atoms with Gasteiger partial charge in [0.25, 0.3) is 0 Å². The fourth-order valence-corrected chi connectivity index (χ4v) is 3.65. The summed E-state index contributed by atoms with van der Waals surface area (Å²) in [5.41, 5.74) is 6.48. The number of hydrogen-bond acceptors (Lipinski definition) is 0. The van der Waals surface area contributed by atoms with Crippen molar-refractivity contribution >= 4 is 10.9 Å². The van der Waals surface area contributed by atoms with E-state index in [0.717, 1.165) is 6.42 Å². The number of aromatic amines is 1. The van der Waals surface area contributed by atoms with E-state index in [4.69, 9.17) is 0 Å². The summed E-state index contributed by atoms with van der Waals surface area (Å²) in [4.78, 5) is 3.67. The highest BCUT2D eigenvalue weighted by atomic mass is 14.7. The maximum Gasteiger partial charge on any atom is 0.0503 e. The first-order valence-corrected chi connectivity index (χ1v) is 8.59. The van der Waals surface area contributed by atoms with E-state index in [1.165, 1.54) is 33.3 Å². The van der Waals surface area contributed by atoms with Crippen LogP contribution in [-0.2, 0) is 0 Å². The molecule has 0 aliphatic rings. The highest BCUT2D eigenvalue weighted by molar-refractivity contribution is 5.91. The molecule has 0 radical (unpaired) electrons. The Morgan fingerprint density at radius 3 is 2.08 bits per heavy atom. The van der Waals surface area contributed by atoms with Crippen molar-refractivity contribution in [2.75, 3.05) is 0 Å². The second kappa shape index (κ2) is 6.37. The molecule has 0 spiro atoms. The quantitative estimate of drug-likeness (QED) is 0.450. The molecule has 1 N–H and O–H groups in total. The van der Waals surface area contributed by atoms with Crippen LogP contribution in [0.15, 0.2) is 84.9 Å². The number of aromatic nitrogens is 1. The molecule has 0 amide bonds. The van der Waals surface area contributed by atoms with E-state index in [-0.39, 0.29) is 0 Å². The average Bonchev–Trinajstić information content (AvgIpc) is 3.04. The number of fused-ring (bicyclic) bond motifs is 1. The lowest BCUT2D eigenvalue weighted by atomic mass is 9.86. The van der Waals surface area contributed by atoms with Crippen molar-refractivity contribution in [3.05, 3.63) is 96.1 Å².